The van der Waals surface area contributed by atoms with Crippen molar-refractivity contribution in [3.05, 3.63) is 70.3 Å². The molecule has 0 radical (unpaired) electrons. The highest BCUT2D eigenvalue weighted by atomic mass is 19.1. The van der Waals surface area contributed by atoms with Crippen LogP contribution in [-0.2, 0) is 12.8 Å². The molecule has 0 fully saturated rings. The van der Waals surface area contributed by atoms with E-state index in [1.807, 2.05) is 19.1 Å². The number of aliphatic imine (C=N–C) groups is 1. The minimum atomic E-state index is -0.445. The smallest absolute Gasteiger partial charge is 0.168 e. The minimum Gasteiger partial charge on any atom is -0.506 e. The van der Waals surface area contributed by atoms with Crippen LogP contribution >= 0.6 is 0 Å². The molecule has 0 saturated carbocycles. The van der Waals surface area contributed by atoms with Crippen molar-refractivity contribution >= 4 is 18.1 Å². The maximum Gasteiger partial charge on any atom is 0.168 e. The zero-order valence-electron chi connectivity index (χ0n) is 18.9. The molecular weight excluding hydrogens is 405 g/mol. The maximum absolute atomic E-state index is 15.0. The summed E-state index contributed by atoms with van der Waals surface area (Å²) in [4.78, 5) is 8.23. The summed E-state index contributed by atoms with van der Waals surface area (Å²) < 4.78 is 20.5. The summed E-state index contributed by atoms with van der Waals surface area (Å²) in [5, 5.41) is 18.0. The lowest BCUT2D eigenvalue weighted by molar-refractivity contribution is 0.350. The Morgan fingerprint density at radius 2 is 2.16 bits per heavy atom. The number of aromatic hydroxyl groups is 1. The average Bonchev–Trinajstić information content (AvgIpc) is 2.82. The molecule has 2 N–H and O–H groups in total. The molecule has 1 aliphatic rings. The largest absolute Gasteiger partial charge is 0.506 e. The number of amidine groups is 1. The van der Waals surface area contributed by atoms with Crippen molar-refractivity contribution in [2.75, 3.05) is 6.61 Å². The van der Waals surface area contributed by atoms with Crippen molar-refractivity contribution in [2.24, 2.45) is 10.9 Å². The predicted octanol–water partition coefficient (Wildman–Crippen LogP) is 5.81. The highest BCUT2D eigenvalue weighted by Crippen LogP contribution is 2.34. The van der Waals surface area contributed by atoms with Crippen molar-refractivity contribution in [2.45, 2.75) is 46.5 Å². The molecule has 1 aromatic heterocycles. The molecule has 1 unspecified atom stereocenters. The number of hydrogen-bond donors (Lipinski definition) is 2. The third-order valence-corrected chi connectivity index (χ3v) is 5.91. The summed E-state index contributed by atoms with van der Waals surface area (Å²) in [7, 11) is 0. The number of halogens is 1. The number of rotatable bonds is 8. The van der Waals surface area contributed by atoms with Gasteiger partial charge in [-0.05, 0) is 79.3 Å². The molecule has 0 bridgehead atoms. The Hall–Kier alpha value is -3.28. The van der Waals surface area contributed by atoms with Gasteiger partial charge in [-0.25, -0.2) is 14.4 Å². The van der Waals surface area contributed by atoms with Crippen LogP contribution in [0.2, 0.25) is 0 Å². The summed E-state index contributed by atoms with van der Waals surface area (Å²) >= 11 is 0. The normalized spacial score (nSPS) is 15.4. The van der Waals surface area contributed by atoms with Crippen LogP contribution in [0, 0.1) is 24.1 Å². The summed E-state index contributed by atoms with van der Waals surface area (Å²) in [5.74, 6) is 0.209. The van der Waals surface area contributed by atoms with E-state index in [4.69, 9.17) is 15.1 Å². The van der Waals surface area contributed by atoms with Crippen LogP contribution in [0.4, 0.5) is 4.39 Å². The van der Waals surface area contributed by atoms with Gasteiger partial charge in [-0.1, -0.05) is 32.1 Å². The monoisotopic (exact) mass is 435 g/mol. The number of ether oxygens (including phenoxy) is 1. The van der Waals surface area contributed by atoms with Gasteiger partial charge in [0.15, 0.2) is 17.4 Å². The molecule has 5 nitrogen and oxygen atoms in total. The first-order valence-electron chi connectivity index (χ1n) is 10.9. The van der Waals surface area contributed by atoms with Gasteiger partial charge in [0, 0.05) is 12.1 Å². The fraction of sp³-hybridized carbons (Fsp3) is 0.346. The summed E-state index contributed by atoms with van der Waals surface area (Å²) in [6.07, 6.45) is 9.22. The number of nitrogens with one attached hydrogen (secondary N) is 1. The van der Waals surface area contributed by atoms with Gasteiger partial charge in [-0.3, -0.25) is 5.41 Å². The first-order valence-corrected chi connectivity index (χ1v) is 10.9. The van der Waals surface area contributed by atoms with Crippen molar-refractivity contribution in [3.63, 3.8) is 0 Å². The van der Waals surface area contributed by atoms with Gasteiger partial charge in [0.1, 0.15) is 18.1 Å². The SMILES string of the molecule is C=NC(=N)COc1cc(CC)c(Cc2ccc(O)c(C3=CC=CC(CC)C3)n2)c(C)c1F. The van der Waals surface area contributed by atoms with Gasteiger partial charge >= 0.3 is 0 Å². The quantitative estimate of drug-likeness (QED) is 0.405. The molecule has 0 amide bonds. The fourth-order valence-electron chi connectivity index (χ4n) is 3.94. The molecule has 0 spiro atoms. The van der Waals surface area contributed by atoms with E-state index in [0.717, 1.165) is 35.2 Å². The summed E-state index contributed by atoms with van der Waals surface area (Å²) in [5.41, 5.74) is 4.70. The molecule has 3 rings (SSSR count). The number of benzene rings is 1. The van der Waals surface area contributed by atoms with E-state index in [2.05, 4.69) is 24.7 Å². The van der Waals surface area contributed by atoms with Crippen LogP contribution in [0.1, 0.15) is 54.8 Å². The van der Waals surface area contributed by atoms with E-state index in [9.17, 15) is 5.11 Å². The molecule has 168 valence electrons. The number of hydrogen-bond acceptors (Lipinski definition) is 4. The summed E-state index contributed by atoms with van der Waals surface area (Å²) in [6.45, 7) is 9.04. The summed E-state index contributed by atoms with van der Waals surface area (Å²) in [6, 6.07) is 5.14. The molecule has 0 aliphatic heterocycles. The van der Waals surface area contributed by atoms with E-state index in [-0.39, 0.29) is 23.9 Å². The van der Waals surface area contributed by atoms with Crippen molar-refractivity contribution in [1.82, 2.24) is 4.98 Å². The Bertz CT molecular complexity index is 1090. The van der Waals surface area contributed by atoms with Gasteiger partial charge in [-0.2, -0.15) is 0 Å². The number of nitrogens with zero attached hydrogens (tertiary/aromatic N) is 2. The highest BCUT2D eigenvalue weighted by molar-refractivity contribution is 5.84. The lowest BCUT2D eigenvalue weighted by Gasteiger charge is -2.19. The Balaban J connectivity index is 1.92. The molecule has 1 aliphatic carbocycles. The molecule has 2 aromatic rings. The first-order chi connectivity index (χ1) is 15.4. The molecule has 6 heteroatoms. The second kappa shape index (κ2) is 10.4. The zero-order chi connectivity index (χ0) is 23.3. The zero-order valence-corrected chi connectivity index (χ0v) is 18.9. The Morgan fingerprint density at radius 3 is 2.84 bits per heavy atom. The van der Waals surface area contributed by atoms with Gasteiger partial charge < -0.3 is 9.84 Å². The van der Waals surface area contributed by atoms with Gasteiger partial charge in [-0.15, -0.1) is 0 Å². The molecular formula is C26H30FN3O2. The van der Waals surface area contributed by atoms with Crippen molar-refractivity contribution < 1.29 is 14.2 Å². The topological polar surface area (TPSA) is 78.6 Å². The van der Waals surface area contributed by atoms with Crippen LogP contribution in [0.3, 0.4) is 0 Å². The van der Waals surface area contributed by atoms with E-state index in [1.165, 1.54) is 0 Å². The number of aromatic nitrogens is 1. The average molecular weight is 436 g/mol. The van der Waals surface area contributed by atoms with Crippen LogP contribution in [0.15, 0.2) is 41.4 Å². The first kappa shape index (κ1) is 23.4. The van der Waals surface area contributed by atoms with Crippen molar-refractivity contribution in [3.8, 4) is 11.5 Å². The van der Waals surface area contributed by atoms with Crippen LogP contribution in [-0.4, -0.2) is 29.3 Å². The van der Waals surface area contributed by atoms with E-state index >= 15 is 4.39 Å². The van der Waals surface area contributed by atoms with Crippen LogP contribution < -0.4 is 4.74 Å². The maximum atomic E-state index is 15.0. The lowest BCUT2D eigenvalue weighted by Crippen LogP contribution is -2.11. The van der Waals surface area contributed by atoms with E-state index < -0.39 is 5.82 Å². The molecule has 1 atom stereocenters. The van der Waals surface area contributed by atoms with Crippen molar-refractivity contribution in [1.29, 1.82) is 5.41 Å². The molecule has 0 saturated heterocycles. The van der Waals surface area contributed by atoms with Gasteiger partial charge in [0.25, 0.3) is 0 Å². The van der Waals surface area contributed by atoms with Gasteiger partial charge in [0.2, 0.25) is 0 Å². The molecule has 1 heterocycles. The van der Waals surface area contributed by atoms with Crippen LogP contribution in [0.5, 0.6) is 11.5 Å². The van der Waals surface area contributed by atoms with E-state index in [1.54, 1.807) is 25.1 Å². The third kappa shape index (κ3) is 5.13. The fourth-order valence-corrected chi connectivity index (χ4v) is 3.94. The lowest BCUT2D eigenvalue weighted by atomic mass is 9.90. The standard InChI is InChI=1S/C26H30FN3O2/c1-5-17-8-7-9-19(12-17)26-22(31)11-10-20(30-26)14-21-16(3)25(27)23(13-18(21)6-2)32-15-24(28)29-4/h7-11,13,17,28,31H,4-6,12,14-15H2,1-3H3. The third-order valence-electron chi connectivity index (χ3n) is 5.91. The Kier molecular flexibility index (Phi) is 7.57. The number of pyridine rings is 1. The number of aryl methyl sites for hydroxylation is 1. The second-order valence-electron chi connectivity index (χ2n) is 7.99. The predicted molar refractivity (Wildman–Crippen MR) is 128 cm³/mol. The minimum absolute atomic E-state index is 0.0535. The number of allylic oxidation sites excluding steroid dienone is 4. The Morgan fingerprint density at radius 1 is 1.38 bits per heavy atom. The molecule has 1 aromatic carbocycles. The van der Waals surface area contributed by atoms with E-state index in [0.29, 0.717) is 30.0 Å². The second-order valence-corrected chi connectivity index (χ2v) is 7.99. The van der Waals surface area contributed by atoms with Gasteiger partial charge in [0.05, 0.1) is 0 Å². The Labute approximate surface area is 188 Å². The molecule has 32 heavy (non-hydrogen) atoms. The highest BCUT2D eigenvalue weighted by Gasteiger charge is 2.19. The van der Waals surface area contributed by atoms with Crippen LogP contribution in [0.25, 0.3) is 5.57 Å².